The molecule has 0 spiro atoms. The van der Waals surface area contributed by atoms with Gasteiger partial charge in [-0.2, -0.15) is 5.43 Å². The van der Waals surface area contributed by atoms with Crippen LogP contribution >= 0.6 is 0 Å². The minimum Gasteiger partial charge on any atom is -0.198 e. The summed E-state index contributed by atoms with van der Waals surface area (Å²) >= 11 is 0. The van der Waals surface area contributed by atoms with Crippen LogP contribution in [0.15, 0.2) is 0 Å². The first-order valence-corrected chi connectivity index (χ1v) is 2.19. The van der Waals surface area contributed by atoms with Crippen molar-refractivity contribution in [1.29, 1.82) is 0 Å². The zero-order chi connectivity index (χ0) is 4.41. The fourth-order valence-electron chi connectivity index (χ4n) is 0.564. The van der Waals surface area contributed by atoms with E-state index in [1.165, 1.54) is 6.42 Å². The number of hydrazine groups is 1. The van der Waals surface area contributed by atoms with Crippen molar-refractivity contribution in [3.63, 3.8) is 0 Å². The van der Waals surface area contributed by atoms with Gasteiger partial charge in [-0.15, -0.1) is 4.68 Å². The molecule has 0 amide bonds. The van der Waals surface area contributed by atoms with E-state index in [9.17, 15) is 0 Å². The zero-order valence-corrected chi connectivity index (χ0v) is 3.94. The highest BCUT2D eigenvalue weighted by atomic mass is 15.4. The van der Waals surface area contributed by atoms with Crippen molar-refractivity contribution in [3.05, 3.63) is 0 Å². The van der Waals surface area contributed by atoms with Crippen molar-refractivity contribution >= 4 is 6.21 Å². The lowest BCUT2D eigenvalue weighted by atomic mass is 10.5. The first-order chi connectivity index (χ1) is 2.89. The van der Waals surface area contributed by atoms with E-state index in [1.807, 2.05) is 11.7 Å². The SMILES string of the molecule is C[N+]1=CCCN1. The van der Waals surface area contributed by atoms with Crippen LogP contribution in [0.4, 0.5) is 0 Å². The smallest absolute Gasteiger partial charge is 0.171 e. The zero-order valence-electron chi connectivity index (χ0n) is 3.94. The Morgan fingerprint density at radius 3 is 2.83 bits per heavy atom. The molecule has 0 aromatic carbocycles. The molecule has 0 bridgehead atoms. The molecular formula is C4H9N2+. The summed E-state index contributed by atoms with van der Waals surface area (Å²) in [6, 6.07) is 0. The minimum atomic E-state index is 1.11. The second kappa shape index (κ2) is 1.29. The van der Waals surface area contributed by atoms with Gasteiger partial charge < -0.3 is 0 Å². The Hall–Kier alpha value is -0.530. The van der Waals surface area contributed by atoms with Crippen LogP contribution < -0.4 is 5.43 Å². The maximum absolute atomic E-state index is 3.10. The molecule has 0 unspecified atom stereocenters. The van der Waals surface area contributed by atoms with Crippen LogP contribution in [0.3, 0.4) is 0 Å². The number of nitrogens with zero attached hydrogens (tertiary/aromatic N) is 1. The molecule has 0 saturated heterocycles. The Morgan fingerprint density at radius 2 is 2.67 bits per heavy atom. The van der Waals surface area contributed by atoms with Gasteiger partial charge in [0.25, 0.3) is 0 Å². The van der Waals surface area contributed by atoms with Crippen LogP contribution in [0.2, 0.25) is 0 Å². The molecule has 1 N–H and O–H groups in total. The standard InChI is InChI=1S/C4H9N2/c1-6-4-2-3-5-6/h4-5H,2-3H2,1H3/q+1. The van der Waals surface area contributed by atoms with Crippen molar-refractivity contribution in [3.8, 4) is 0 Å². The third-order valence-electron chi connectivity index (χ3n) is 0.909. The van der Waals surface area contributed by atoms with Gasteiger partial charge in [0.1, 0.15) is 0 Å². The van der Waals surface area contributed by atoms with Gasteiger partial charge in [-0.05, 0) is 0 Å². The van der Waals surface area contributed by atoms with E-state index >= 15 is 0 Å². The van der Waals surface area contributed by atoms with Crippen molar-refractivity contribution < 1.29 is 4.68 Å². The highest BCUT2D eigenvalue weighted by molar-refractivity contribution is 5.52. The Labute approximate surface area is 37.5 Å². The summed E-state index contributed by atoms with van der Waals surface area (Å²) in [5.74, 6) is 0. The molecule has 34 valence electrons. The van der Waals surface area contributed by atoms with Crippen LogP contribution in [0.1, 0.15) is 6.42 Å². The normalized spacial score (nSPS) is 19.8. The van der Waals surface area contributed by atoms with E-state index in [0.29, 0.717) is 0 Å². The Morgan fingerprint density at radius 1 is 1.83 bits per heavy atom. The van der Waals surface area contributed by atoms with Gasteiger partial charge in [0.15, 0.2) is 13.3 Å². The van der Waals surface area contributed by atoms with Gasteiger partial charge >= 0.3 is 0 Å². The Balaban J connectivity index is 2.45. The maximum atomic E-state index is 3.10. The summed E-state index contributed by atoms with van der Waals surface area (Å²) < 4.78 is 1.99. The van der Waals surface area contributed by atoms with Crippen molar-refractivity contribution in [2.24, 2.45) is 0 Å². The Kier molecular flexibility index (Phi) is 0.783. The summed E-state index contributed by atoms with van der Waals surface area (Å²) in [6.45, 7) is 1.11. The molecule has 0 aromatic rings. The topological polar surface area (TPSA) is 15.0 Å². The lowest BCUT2D eigenvalue weighted by molar-refractivity contribution is -0.546. The molecule has 2 nitrogen and oxygen atoms in total. The van der Waals surface area contributed by atoms with E-state index in [0.717, 1.165) is 6.54 Å². The second-order valence-corrected chi connectivity index (χ2v) is 1.49. The molecule has 0 fully saturated rings. The van der Waals surface area contributed by atoms with Crippen LogP contribution in [0.5, 0.6) is 0 Å². The van der Waals surface area contributed by atoms with Crippen molar-refractivity contribution in [2.75, 3.05) is 13.6 Å². The summed E-state index contributed by atoms with van der Waals surface area (Å²) in [5, 5.41) is 0. The molecule has 0 aliphatic carbocycles. The van der Waals surface area contributed by atoms with Crippen LogP contribution in [-0.2, 0) is 0 Å². The number of nitrogens with one attached hydrogen (secondary N) is 1. The summed E-state index contributed by atoms with van der Waals surface area (Å²) in [6.07, 6.45) is 3.30. The molecule has 0 atom stereocenters. The predicted octanol–water partition coefficient (Wildman–Crippen LogP) is -0.392. The van der Waals surface area contributed by atoms with Crippen LogP contribution in [-0.4, -0.2) is 24.5 Å². The molecule has 6 heavy (non-hydrogen) atoms. The van der Waals surface area contributed by atoms with Gasteiger partial charge in [-0.25, -0.2) is 0 Å². The highest BCUT2D eigenvalue weighted by Crippen LogP contribution is 1.75. The molecule has 0 aromatic heterocycles. The number of hydrazone groups is 1. The third-order valence-corrected chi connectivity index (χ3v) is 0.909. The molecule has 1 heterocycles. The molecule has 0 saturated carbocycles. The Bertz CT molecular complexity index is 75.6. The van der Waals surface area contributed by atoms with E-state index < -0.39 is 0 Å². The predicted molar refractivity (Wildman–Crippen MR) is 24.9 cm³/mol. The minimum absolute atomic E-state index is 1.11. The molecular weight excluding hydrogens is 76.1 g/mol. The van der Waals surface area contributed by atoms with Gasteiger partial charge in [0.05, 0.1) is 13.0 Å². The highest BCUT2D eigenvalue weighted by Gasteiger charge is 1.99. The maximum Gasteiger partial charge on any atom is 0.171 e. The summed E-state index contributed by atoms with van der Waals surface area (Å²) in [4.78, 5) is 0. The lowest BCUT2D eigenvalue weighted by Gasteiger charge is -1.82. The average molecular weight is 85.1 g/mol. The first kappa shape index (κ1) is 3.65. The average Bonchev–Trinajstić information content (AvgIpc) is 1.86. The van der Waals surface area contributed by atoms with Gasteiger partial charge in [0.2, 0.25) is 0 Å². The summed E-state index contributed by atoms with van der Waals surface area (Å²) in [5.41, 5.74) is 3.10. The van der Waals surface area contributed by atoms with Crippen molar-refractivity contribution in [1.82, 2.24) is 5.43 Å². The van der Waals surface area contributed by atoms with E-state index in [4.69, 9.17) is 0 Å². The lowest BCUT2D eigenvalue weighted by Crippen LogP contribution is -2.18. The second-order valence-electron chi connectivity index (χ2n) is 1.49. The third kappa shape index (κ3) is 0.506. The molecule has 2 heteroatoms. The van der Waals surface area contributed by atoms with Gasteiger partial charge in [-0.3, -0.25) is 0 Å². The molecule has 1 aliphatic heterocycles. The molecule has 1 rings (SSSR count). The van der Waals surface area contributed by atoms with E-state index in [1.54, 1.807) is 0 Å². The van der Waals surface area contributed by atoms with Crippen LogP contribution in [0.25, 0.3) is 0 Å². The molecule has 0 radical (unpaired) electrons. The summed E-state index contributed by atoms with van der Waals surface area (Å²) in [7, 11) is 2.01. The van der Waals surface area contributed by atoms with Gasteiger partial charge in [-0.1, -0.05) is 0 Å². The fraction of sp³-hybridized carbons (Fsp3) is 0.750. The van der Waals surface area contributed by atoms with E-state index in [-0.39, 0.29) is 0 Å². The largest absolute Gasteiger partial charge is 0.198 e. The number of hydrogen-bond donors (Lipinski definition) is 1. The van der Waals surface area contributed by atoms with E-state index in [2.05, 4.69) is 11.6 Å². The monoisotopic (exact) mass is 85.1 g/mol. The number of hydrogen-bond acceptors (Lipinski definition) is 1. The fourth-order valence-corrected chi connectivity index (χ4v) is 0.564. The van der Waals surface area contributed by atoms with Crippen LogP contribution in [0, 0.1) is 0 Å². The van der Waals surface area contributed by atoms with Gasteiger partial charge in [0, 0.05) is 0 Å². The molecule has 1 aliphatic rings. The quantitative estimate of drug-likeness (QED) is 0.396. The number of rotatable bonds is 0. The first-order valence-electron chi connectivity index (χ1n) is 2.19. The van der Waals surface area contributed by atoms with Crippen molar-refractivity contribution in [2.45, 2.75) is 6.42 Å².